The average Bonchev–Trinajstić information content (AvgIpc) is 3.75. The van der Waals surface area contributed by atoms with Crippen molar-refractivity contribution in [3.05, 3.63) is 199 Å². The van der Waals surface area contributed by atoms with Crippen LogP contribution in [0.15, 0.2) is 182 Å². The highest BCUT2D eigenvalue weighted by atomic mass is 15.1. The second-order valence-corrected chi connectivity index (χ2v) is 15.1. The molecule has 2 aliphatic rings. The van der Waals surface area contributed by atoms with Crippen molar-refractivity contribution in [1.29, 1.82) is 0 Å². The molecule has 1 unspecified atom stereocenters. The largest absolute Gasteiger partial charge is 0.291 e. The zero-order chi connectivity index (χ0) is 37.7. The molecule has 8 aromatic carbocycles. The van der Waals surface area contributed by atoms with Gasteiger partial charge in [0.2, 0.25) is 0 Å². The Bertz CT molecular complexity index is 3180. The third-order valence-corrected chi connectivity index (χ3v) is 12.1. The maximum Gasteiger partial charge on any atom is 0.164 e. The van der Waals surface area contributed by atoms with Gasteiger partial charge in [-0.1, -0.05) is 158 Å². The quantitative estimate of drug-likeness (QED) is 0.177. The summed E-state index contributed by atoms with van der Waals surface area (Å²) in [5, 5.41) is 2.13. The first-order chi connectivity index (χ1) is 28.2. The Balaban J connectivity index is 1.13. The smallest absolute Gasteiger partial charge is 0.164 e. The summed E-state index contributed by atoms with van der Waals surface area (Å²) in [6.45, 7) is 2.39. The van der Waals surface area contributed by atoms with Gasteiger partial charge in [0.05, 0.1) is 16.7 Å². The number of para-hydroxylation sites is 1. The van der Waals surface area contributed by atoms with E-state index in [1.165, 1.54) is 38.9 Å². The molecule has 0 bridgehead atoms. The van der Waals surface area contributed by atoms with E-state index in [2.05, 4.69) is 133 Å². The molecule has 2 aromatic heterocycles. The molecule has 5 nitrogen and oxygen atoms in total. The fourth-order valence-corrected chi connectivity index (χ4v) is 9.46. The summed E-state index contributed by atoms with van der Waals surface area (Å²) in [5.41, 5.74) is 15.7. The van der Waals surface area contributed by atoms with E-state index in [0.29, 0.717) is 17.5 Å². The van der Waals surface area contributed by atoms with Crippen LogP contribution in [0.5, 0.6) is 0 Å². The Kier molecular flexibility index (Phi) is 6.70. The predicted octanol–water partition coefficient (Wildman–Crippen LogP) is 12.3. The molecule has 10 aromatic rings. The van der Waals surface area contributed by atoms with Gasteiger partial charge in [0.1, 0.15) is 5.82 Å². The van der Waals surface area contributed by atoms with Crippen molar-refractivity contribution in [2.24, 2.45) is 0 Å². The third kappa shape index (κ3) is 4.51. The van der Waals surface area contributed by atoms with Gasteiger partial charge < -0.3 is 0 Å². The molecule has 0 fully saturated rings. The van der Waals surface area contributed by atoms with Crippen LogP contribution >= 0.6 is 0 Å². The molecule has 0 amide bonds. The van der Waals surface area contributed by atoms with Gasteiger partial charge in [0.15, 0.2) is 17.5 Å². The summed E-state index contributed by atoms with van der Waals surface area (Å²) in [5.74, 6) is 2.81. The zero-order valence-electron chi connectivity index (χ0n) is 31.1. The van der Waals surface area contributed by atoms with Gasteiger partial charge in [-0.2, -0.15) is 0 Å². The Hall–Kier alpha value is -7.50. The van der Waals surface area contributed by atoms with E-state index in [1.54, 1.807) is 0 Å². The van der Waals surface area contributed by atoms with Crippen LogP contribution in [-0.4, -0.2) is 24.5 Å². The van der Waals surface area contributed by atoms with Gasteiger partial charge in [-0.3, -0.25) is 4.57 Å². The van der Waals surface area contributed by atoms with Crippen LogP contribution in [0.25, 0.3) is 95.3 Å². The Labute approximate surface area is 329 Å². The molecule has 0 N–H and O–H groups in total. The maximum atomic E-state index is 5.53. The van der Waals surface area contributed by atoms with E-state index in [0.717, 1.165) is 55.6 Å². The van der Waals surface area contributed by atoms with Gasteiger partial charge in [-0.25, -0.2) is 19.9 Å². The summed E-state index contributed by atoms with van der Waals surface area (Å²) in [6, 6.07) is 64.4. The fraction of sp³-hybridized carbons (Fsp3) is 0.0385. The molecule has 12 rings (SSSR count). The minimum absolute atomic E-state index is 0.326. The third-order valence-electron chi connectivity index (χ3n) is 12.1. The number of hydrogen-bond acceptors (Lipinski definition) is 4. The Morgan fingerprint density at radius 2 is 0.965 bits per heavy atom. The first kappa shape index (κ1) is 31.8. The highest BCUT2D eigenvalue weighted by Crippen LogP contribution is 2.59. The Morgan fingerprint density at radius 3 is 1.68 bits per heavy atom. The van der Waals surface area contributed by atoms with Gasteiger partial charge in [-0.15, -0.1) is 0 Å². The second-order valence-electron chi connectivity index (χ2n) is 15.1. The number of imidazole rings is 1. The minimum Gasteiger partial charge on any atom is -0.291 e. The maximum absolute atomic E-state index is 5.53. The van der Waals surface area contributed by atoms with Crippen molar-refractivity contribution in [2.45, 2.75) is 12.3 Å². The summed E-state index contributed by atoms with van der Waals surface area (Å²) < 4.78 is 2.43. The van der Waals surface area contributed by atoms with E-state index >= 15 is 0 Å². The lowest BCUT2D eigenvalue weighted by Crippen LogP contribution is -2.22. The van der Waals surface area contributed by atoms with Crippen LogP contribution in [0.3, 0.4) is 0 Å². The normalized spacial score (nSPS) is 14.8. The molecule has 1 aliphatic carbocycles. The van der Waals surface area contributed by atoms with Crippen molar-refractivity contribution >= 4 is 21.8 Å². The van der Waals surface area contributed by atoms with Gasteiger partial charge in [-0.05, 0) is 69.8 Å². The van der Waals surface area contributed by atoms with Crippen molar-refractivity contribution in [2.75, 3.05) is 0 Å². The van der Waals surface area contributed by atoms with E-state index in [4.69, 9.17) is 19.9 Å². The van der Waals surface area contributed by atoms with Crippen molar-refractivity contribution < 1.29 is 0 Å². The monoisotopic (exact) mass is 727 g/mol. The molecule has 266 valence electrons. The number of rotatable bonds is 5. The molecule has 0 saturated heterocycles. The van der Waals surface area contributed by atoms with Crippen LogP contribution in [0.1, 0.15) is 23.6 Å². The topological polar surface area (TPSA) is 56.5 Å². The zero-order valence-corrected chi connectivity index (χ0v) is 31.1. The number of nitrogens with zero attached hydrogens (tertiary/aromatic N) is 5. The van der Waals surface area contributed by atoms with Crippen LogP contribution in [0.2, 0.25) is 0 Å². The molecular formula is C52H33N5. The first-order valence-electron chi connectivity index (χ1n) is 19.4. The molecule has 0 radical (unpaired) electrons. The van der Waals surface area contributed by atoms with E-state index < -0.39 is 0 Å². The van der Waals surface area contributed by atoms with Crippen LogP contribution in [0, 0.1) is 0 Å². The van der Waals surface area contributed by atoms with Crippen molar-refractivity contribution in [3.63, 3.8) is 0 Å². The number of hydrogen-bond donors (Lipinski definition) is 0. The average molecular weight is 728 g/mol. The lowest BCUT2D eigenvalue weighted by molar-refractivity contribution is 0.714. The lowest BCUT2D eigenvalue weighted by atomic mass is 9.74. The number of aromatic nitrogens is 5. The molecular weight excluding hydrogens is 695 g/mol. The minimum atomic E-state index is -0.326. The molecule has 5 heteroatoms. The summed E-state index contributed by atoms with van der Waals surface area (Å²) in [4.78, 5) is 20.7. The van der Waals surface area contributed by atoms with Gasteiger partial charge >= 0.3 is 0 Å². The summed E-state index contributed by atoms with van der Waals surface area (Å²) >= 11 is 0. The van der Waals surface area contributed by atoms with Gasteiger partial charge in [0.25, 0.3) is 0 Å². The van der Waals surface area contributed by atoms with Crippen LogP contribution in [-0.2, 0) is 5.41 Å². The summed E-state index contributed by atoms with van der Waals surface area (Å²) in [7, 11) is 0. The van der Waals surface area contributed by atoms with E-state index in [1.807, 2.05) is 60.7 Å². The van der Waals surface area contributed by atoms with Crippen molar-refractivity contribution in [1.82, 2.24) is 24.5 Å². The molecule has 0 spiro atoms. The predicted molar refractivity (Wildman–Crippen MR) is 230 cm³/mol. The molecule has 0 saturated carbocycles. The van der Waals surface area contributed by atoms with Crippen molar-refractivity contribution in [3.8, 4) is 73.5 Å². The fourth-order valence-electron chi connectivity index (χ4n) is 9.46. The molecule has 1 aliphatic heterocycles. The standard InChI is InChI=1S/C52H33N5/c1-52(34-20-9-4-10-21-34)41-26-15-25-38-37-24-13-14-27-44(37)57-47-43(31-30-42(52)46(47)45(38)41)53-51(57)40-29-28-39(35-22-11-12-23-36(35)40)50-55-48(32-16-5-2-6-17-32)54-49(56-50)33-18-7-3-8-19-33/h2-31H,1H3. The van der Waals surface area contributed by atoms with E-state index in [9.17, 15) is 0 Å². The SMILES string of the molecule is CC1(c2ccccc2)c2cccc3c2-c2c1ccc1nc(-c4ccc(-c5nc(-c6ccccc6)nc(-c6ccccc6)n5)c5ccccc45)n(c21)-c1ccccc1-3. The van der Waals surface area contributed by atoms with Gasteiger partial charge in [0, 0.05) is 38.8 Å². The highest BCUT2D eigenvalue weighted by Gasteiger charge is 2.45. The Morgan fingerprint density at radius 1 is 0.404 bits per heavy atom. The molecule has 1 atom stereocenters. The molecule has 57 heavy (non-hydrogen) atoms. The first-order valence-corrected chi connectivity index (χ1v) is 19.4. The number of benzene rings is 8. The second kappa shape index (κ2) is 12.0. The van der Waals surface area contributed by atoms with Crippen LogP contribution < -0.4 is 0 Å². The number of fused-ring (bicyclic) bond motifs is 4. The highest BCUT2D eigenvalue weighted by molar-refractivity contribution is 6.11. The van der Waals surface area contributed by atoms with E-state index in [-0.39, 0.29) is 5.41 Å². The van der Waals surface area contributed by atoms with Crippen LogP contribution in [0.4, 0.5) is 0 Å². The lowest BCUT2D eigenvalue weighted by Gasteiger charge is -2.29. The molecule has 3 heterocycles. The summed E-state index contributed by atoms with van der Waals surface area (Å²) in [6.07, 6.45) is 0.